The number of carbonyl (C=O) groups is 1. The number of benzene rings is 3. The van der Waals surface area contributed by atoms with E-state index in [0.717, 1.165) is 21.5 Å². The number of aromatic nitrogens is 3. The molecule has 156 valence electrons. The van der Waals surface area contributed by atoms with Gasteiger partial charge >= 0.3 is 0 Å². The van der Waals surface area contributed by atoms with Gasteiger partial charge in [0.15, 0.2) is 11.6 Å². The fourth-order valence-corrected chi connectivity index (χ4v) is 3.81. The van der Waals surface area contributed by atoms with Crippen molar-refractivity contribution in [2.24, 2.45) is 0 Å². The summed E-state index contributed by atoms with van der Waals surface area (Å²) in [6.07, 6.45) is 0. The van der Waals surface area contributed by atoms with Crippen LogP contribution < -0.4 is 4.74 Å². The lowest BCUT2D eigenvalue weighted by atomic mass is 10.1. The van der Waals surface area contributed by atoms with E-state index in [2.05, 4.69) is 21.0 Å². The topological polar surface area (TPSA) is 49.0 Å². The summed E-state index contributed by atoms with van der Waals surface area (Å²) in [7, 11) is 0. The number of para-hydroxylation sites is 1. The lowest BCUT2D eigenvalue weighted by Gasteiger charge is -2.10. The van der Waals surface area contributed by atoms with E-state index in [9.17, 15) is 4.79 Å². The highest BCUT2D eigenvalue weighted by molar-refractivity contribution is 9.10. The van der Waals surface area contributed by atoms with Crippen molar-refractivity contribution in [2.45, 2.75) is 20.1 Å². The number of ketones is 1. The van der Waals surface area contributed by atoms with E-state index in [1.807, 2.05) is 78.2 Å². The van der Waals surface area contributed by atoms with Crippen LogP contribution in [0.25, 0.3) is 5.69 Å². The molecule has 0 aliphatic rings. The molecule has 0 bridgehead atoms. The molecule has 0 fully saturated rings. The van der Waals surface area contributed by atoms with Crippen molar-refractivity contribution in [1.82, 2.24) is 14.3 Å². The van der Waals surface area contributed by atoms with Crippen LogP contribution in [0.15, 0.2) is 83.3 Å². The SMILES string of the molecule is Cc1ccccc1-n1c(COc2ccc(Br)cc2)nn(CC(=O)c2ccccc2)c1=S. The van der Waals surface area contributed by atoms with Crippen LogP contribution in [0.3, 0.4) is 0 Å². The van der Waals surface area contributed by atoms with E-state index >= 15 is 0 Å². The lowest BCUT2D eigenvalue weighted by molar-refractivity contribution is 0.0966. The number of hydrogen-bond acceptors (Lipinski definition) is 4. The molecular formula is C24H20BrN3O2S. The van der Waals surface area contributed by atoms with E-state index in [-0.39, 0.29) is 18.9 Å². The molecule has 1 aromatic heterocycles. The molecule has 0 N–H and O–H groups in total. The summed E-state index contributed by atoms with van der Waals surface area (Å²) in [6, 6.07) is 24.7. The third-order valence-corrected chi connectivity index (χ3v) is 5.76. The van der Waals surface area contributed by atoms with E-state index in [1.54, 1.807) is 16.8 Å². The van der Waals surface area contributed by atoms with E-state index in [0.29, 0.717) is 16.2 Å². The quantitative estimate of drug-likeness (QED) is 0.236. The molecular weight excluding hydrogens is 474 g/mol. The molecule has 1 heterocycles. The van der Waals surface area contributed by atoms with Crippen LogP contribution in [0.4, 0.5) is 0 Å². The van der Waals surface area contributed by atoms with Crippen LogP contribution in [0.1, 0.15) is 21.7 Å². The normalized spacial score (nSPS) is 10.8. The van der Waals surface area contributed by atoms with Gasteiger partial charge < -0.3 is 4.74 Å². The van der Waals surface area contributed by atoms with E-state index in [4.69, 9.17) is 17.0 Å². The Labute approximate surface area is 194 Å². The summed E-state index contributed by atoms with van der Waals surface area (Å²) < 4.78 is 10.8. The Bertz CT molecular complexity index is 1260. The predicted molar refractivity (Wildman–Crippen MR) is 126 cm³/mol. The first-order valence-electron chi connectivity index (χ1n) is 9.74. The van der Waals surface area contributed by atoms with Crippen molar-refractivity contribution in [2.75, 3.05) is 0 Å². The molecule has 3 aromatic carbocycles. The number of carbonyl (C=O) groups excluding carboxylic acids is 1. The smallest absolute Gasteiger partial charge is 0.203 e. The van der Waals surface area contributed by atoms with Crippen LogP contribution in [-0.2, 0) is 13.2 Å². The Balaban J connectivity index is 1.69. The first-order chi connectivity index (χ1) is 15.0. The number of Topliss-reactive ketones (excluding diaryl/α,β-unsaturated/α-hetero) is 1. The molecule has 31 heavy (non-hydrogen) atoms. The minimum Gasteiger partial charge on any atom is -0.486 e. The van der Waals surface area contributed by atoms with Crippen LogP contribution >= 0.6 is 28.1 Å². The second kappa shape index (κ2) is 9.41. The van der Waals surface area contributed by atoms with Gasteiger partial charge in [0.05, 0.1) is 5.69 Å². The fourth-order valence-electron chi connectivity index (χ4n) is 3.24. The maximum atomic E-state index is 12.7. The molecule has 0 atom stereocenters. The number of rotatable bonds is 7. The van der Waals surface area contributed by atoms with Gasteiger partial charge in [0.1, 0.15) is 18.9 Å². The average Bonchev–Trinajstić information content (AvgIpc) is 3.09. The Kier molecular flexibility index (Phi) is 6.44. The summed E-state index contributed by atoms with van der Waals surface area (Å²) in [6.45, 7) is 2.29. The molecule has 0 radical (unpaired) electrons. The van der Waals surface area contributed by atoms with Crippen molar-refractivity contribution >= 4 is 33.9 Å². The number of nitrogens with zero attached hydrogens (tertiary/aromatic N) is 3. The zero-order chi connectivity index (χ0) is 21.8. The van der Waals surface area contributed by atoms with Gasteiger partial charge in [0, 0.05) is 10.0 Å². The zero-order valence-corrected chi connectivity index (χ0v) is 19.3. The van der Waals surface area contributed by atoms with Crippen molar-refractivity contribution < 1.29 is 9.53 Å². The molecule has 5 nitrogen and oxygen atoms in total. The van der Waals surface area contributed by atoms with Gasteiger partial charge in [-0.1, -0.05) is 64.5 Å². The number of ether oxygens (including phenoxy) is 1. The molecule has 0 aliphatic heterocycles. The lowest BCUT2D eigenvalue weighted by Crippen LogP contribution is -2.12. The largest absolute Gasteiger partial charge is 0.486 e. The Morgan fingerprint density at radius 3 is 2.39 bits per heavy atom. The van der Waals surface area contributed by atoms with Gasteiger partial charge in [-0.25, -0.2) is 4.68 Å². The first-order valence-corrected chi connectivity index (χ1v) is 10.9. The maximum absolute atomic E-state index is 12.7. The van der Waals surface area contributed by atoms with Crippen LogP contribution in [0.2, 0.25) is 0 Å². The van der Waals surface area contributed by atoms with Crippen LogP contribution in [0, 0.1) is 11.7 Å². The molecule has 4 rings (SSSR count). The van der Waals surface area contributed by atoms with Gasteiger partial charge in [-0.05, 0) is 55.0 Å². The molecule has 0 unspecified atom stereocenters. The second-order valence-corrected chi connectivity index (χ2v) is 8.29. The minimum absolute atomic E-state index is 0.0495. The van der Waals surface area contributed by atoms with Crippen LogP contribution in [-0.4, -0.2) is 20.1 Å². The van der Waals surface area contributed by atoms with E-state index in [1.165, 1.54) is 0 Å². The van der Waals surface area contributed by atoms with Crippen molar-refractivity contribution in [3.8, 4) is 11.4 Å². The van der Waals surface area contributed by atoms with Gasteiger partial charge in [-0.3, -0.25) is 9.36 Å². The van der Waals surface area contributed by atoms with Crippen molar-refractivity contribution in [3.63, 3.8) is 0 Å². The molecule has 7 heteroatoms. The summed E-state index contributed by atoms with van der Waals surface area (Å²) in [4.78, 5) is 12.7. The van der Waals surface area contributed by atoms with Crippen molar-refractivity contribution in [3.05, 3.63) is 105 Å². The maximum Gasteiger partial charge on any atom is 0.203 e. The summed E-state index contributed by atoms with van der Waals surface area (Å²) in [5.41, 5.74) is 2.60. The highest BCUT2D eigenvalue weighted by Crippen LogP contribution is 2.20. The molecule has 0 saturated carbocycles. The third-order valence-electron chi connectivity index (χ3n) is 4.83. The van der Waals surface area contributed by atoms with Crippen LogP contribution in [0.5, 0.6) is 5.75 Å². The van der Waals surface area contributed by atoms with Crippen molar-refractivity contribution in [1.29, 1.82) is 0 Å². The van der Waals surface area contributed by atoms with E-state index < -0.39 is 0 Å². The molecule has 0 aliphatic carbocycles. The first kappa shape index (κ1) is 21.2. The summed E-state index contributed by atoms with van der Waals surface area (Å²) in [5.74, 6) is 1.30. The van der Waals surface area contributed by atoms with Gasteiger partial charge in [-0.15, -0.1) is 0 Å². The highest BCUT2D eigenvalue weighted by Gasteiger charge is 2.17. The average molecular weight is 494 g/mol. The molecule has 0 amide bonds. The molecule has 0 spiro atoms. The number of halogens is 1. The Morgan fingerprint density at radius 1 is 1.00 bits per heavy atom. The fraction of sp³-hybridized carbons (Fsp3) is 0.125. The molecule has 0 saturated heterocycles. The third kappa shape index (κ3) is 4.84. The Hall–Kier alpha value is -3.03. The second-order valence-electron chi connectivity index (χ2n) is 7.01. The van der Waals surface area contributed by atoms with Gasteiger partial charge in [-0.2, -0.15) is 5.10 Å². The standard InChI is InChI=1S/C24H20BrN3O2S/c1-17-7-5-6-10-21(17)28-23(16-30-20-13-11-19(25)12-14-20)26-27(24(28)31)15-22(29)18-8-3-2-4-9-18/h2-14H,15-16H2,1H3. The van der Waals surface area contributed by atoms with Gasteiger partial charge in [0.25, 0.3) is 0 Å². The predicted octanol–water partition coefficient (Wildman–Crippen LogP) is 5.94. The Morgan fingerprint density at radius 2 is 1.68 bits per heavy atom. The monoisotopic (exact) mass is 493 g/mol. The number of aryl methyl sites for hydroxylation is 1. The summed E-state index contributed by atoms with van der Waals surface area (Å²) in [5, 5.41) is 4.65. The minimum atomic E-state index is -0.0495. The molecule has 4 aromatic rings. The van der Waals surface area contributed by atoms with Gasteiger partial charge in [0.2, 0.25) is 4.77 Å². The summed E-state index contributed by atoms with van der Waals surface area (Å²) >= 11 is 9.15. The number of hydrogen-bond donors (Lipinski definition) is 0. The zero-order valence-electron chi connectivity index (χ0n) is 16.9. The highest BCUT2D eigenvalue weighted by atomic mass is 79.9.